The van der Waals surface area contributed by atoms with Crippen molar-refractivity contribution in [2.24, 2.45) is 5.92 Å². The number of ether oxygens (including phenoxy) is 1. The number of esters is 1. The Bertz CT molecular complexity index is 1080. The van der Waals surface area contributed by atoms with Gasteiger partial charge in [-0.25, -0.2) is 14.8 Å². The minimum Gasteiger partial charge on any atom is -0.465 e. The van der Waals surface area contributed by atoms with Gasteiger partial charge in [-0.3, -0.25) is 4.79 Å². The Hall–Kier alpha value is -3.20. The lowest BCUT2D eigenvalue weighted by Gasteiger charge is -2.24. The van der Waals surface area contributed by atoms with Crippen molar-refractivity contribution < 1.29 is 28.3 Å². The van der Waals surface area contributed by atoms with Crippen molar-refractivity contribution in [2.75, 3.05) is 19.0 Å². The molecule has 1 saturated carbocycles. The predicted octanol–water partition coefficient (Wildman–Crippen LogP) is 3.43. The van der Waals surface area contributed by atoms with Crippen LogP contribution in [0.3, 0.4) is 0 Å². The number of hydrogen-bond donors (Lipinski definition) is 2. The van der Waals surface area contributed by atoms with Crippen LogP contribution in [0.5, 0.6) is 0 Å². The van der Waals surface area contributed by atoms with Crippen LogP contribution < -0.4 is 5.32 Å². The third kappa shape index (κ3) is 3.93. The Balaban J connectivity index is 1.65. The summed E-state index contributed by atoms with van der Waals surface area (Å²) in [6.45, 7) is 1.84. The summed E-state index contributed by atoms with van der Waals surface area (Å²) in [5, 5.41) is 12.0. The van der Waals surface area contributed by atoms with Crippen molar-refractivity contribution >= 4 is 28.7 Å². The van der Waals surface area contributed by atoms with E-state index in [0.29, 0.717) is 28.8 Å². The van der Waals surface area contributed by atoms with Crippen LogP contribution in [0, 0.1) is 12.8 Å². The van der Waals surface area contributed by atoms with Crippen LogP contribution in [0.25, 0.3) is 11.1 Å². The molecule has 0 bridgehead atoms. The van der Waals surface area contributed by atoms with Crippen molar-refractivity contribution in [1.29, 1.82) is 0 Å². The van der Waals surface area contributed by atoms with Crippen molar-refractivity contribution in [2.45, 2.75) is 38.5 Å². The van der Waals surface area contributed by atoms with E-state index in [2.05, 4.69) is 15.3 Å². The van der Waals surface area contributed by atoms with Gasteiger partial charge in [-0.2, -0.15) is 0 Å². The van der Waals surface area contributed by atoms with Gasteiger partial charge < -0.3 is 24.0 Å². The van der Waals surface area contributed by atoms with Crippen LogP contribution in [0.4, 0.5) is 5.69 Å². The van der Waals surface area contributed by atoms with Crippen molar-refractivity contribution in [3.05, 3.63) is 41.4 Å². The number of rotatable bonds is 5. The topological polar surface area (TPSA) is 128 Å². The van der Waals surface area contributed by atoms with E-state index in [4.69, 9.17) is 13.6 Å². The highest BCUT2D eigenvalue weighted by molar-refractivity contribution is 6.08. The van der Waals surface area contributed by atoms with Crippen molar-refractivity contribution in [3.63, 3.8) is 0 Å². The number of aryl methyl sites for hydroxylation is 1. The monoisotopic (exact) mass is 413 g/mol. The number of aliphatic hydroxyl groups excluding tert-OH is 1. The molecule has 4 rings (SSSR count). The lowest BCUT2D eigenvalue weighted by Crippen LogP contribution is -2.16. The largest absolute Gasteiger partial charge is 0.465 e. The highest BCUT2D eigenvalue weighted by Gasteiger charge is 2.27. The minimum atomic E-state index is -0.600. The summed E-state index contributed by atoms with van der Waals surface area (Å²) < 4.78 is 15.9. The molecule has 1 aliphatic carbocycles. The van der Waals surface area contributed by atoms with Crippen LogP contribution in [0.2, 0.25) is 0 Å². The van der Waals surface area contributed by atoms with Gasteiger partial charge in [-0.05, 0) is 37.7 Å². The summed E-state index contributed by atoms with van der Waals surface area (Å²) in [6.07, 6.45) is 4.86. The van der Waals surface area contributed by atoms with Gasteiger partial charge in [0.25, 0.3) is 5.91 Å². The van der Waals surface area contributed by atoms with E-state index in [0.717, 1.165) is 25.7 Å². The molecule has 0 radical (unpaired) electrons. The second-order valence-corrected chi connectivity index (χ2v) is 7.52. The number of nitrogens with one attached hydrogen (secondary N) is 1. The van der Waals surface area contributed by atoms with Gasteiger partial charge >= 0.3 is 5.97 Å². The van der Waals surface area contributed by atoms with E-state index in [1.165, 1.54) is 13.4 Å². The molecular formula is C21H23N3O6. The van der Waals surface area contributed by atoms with E-state index in [1.54, 1.807) is 19.1 Å². The first kappa shape index (κ1) is 20.1. The van der Waals surface area contributed by atoms with Gasteiger partial charge in [-0.15, -0.1) is 0 Å². The maximum Gasteiger partial charge on any atom is 0.340 e. The molecule has 9 heteroatoms. The number of nitrogens with zero attached hydrogens (tertiary/aromatic N) is 2. The van der Waals surface area contributed by atoms with E-state index in [-0.39, 0.29) is 29.5 Å². The van der Waals surface area contributed by atoms with Gasteiger partial charge in [0.05, 0.1) is 18.4 Å². The summed E-state index contributed by atoms with van der Waals surface area (Å²) in [5.41, 5.74) is 1.50. The smallest absolute Gasteiger partial charge is 0.340 e. The van der Waals surface area contributed by atoms with Crippen LogP contribution in [0.1, 0.15) is 64.2 Å². The Morgan fingerprint density at radius 2 is 2.00 bits per heavy atom. The molecule has 0 aliphatic heterocycles. The third-order valence-electron chi connectivity index (χ3n) is 5.50. The quantitative estimate of drug-likeness (QED) is 0.609. The third-order valence-corrected chi connectivity index (χ3v) is 5.50. The first-order valence-corrected chi connectivity index (χ1v) is 9.85. The fourth-order valence-electron chi connectivity index (χ4n) is 3.79. The normalized spacial score (nSPS) is 19.0. The summed E-state index contributed by atoms with van der Waals surface area (Å²) in [6, 6.07) is 3.12. The summed E-state index contributed by atoms with van der Waals surface area (Å²) >= 11 is 0. The Morgan fingerprint density at radius 1 is 1.23 bits per heavy atom. The first-order valence-electron chi connectivity index (χ1n) is 9.85. The number of carbonyl (C=O) groups excluding carboxylic acids is 2. The second kappa shape index (κ2) is 8.27. The molecule has 2 N–H and O–H groups in total. The van der Waals surface area contributed by atoms with E-state index in [9.17, 15) is 14.7 Å². The number of amides is 1. The molecule has 9 nitrogen and oxygen atoms in total. The molecule has 0 unspecified atom stereocenters. The highest BCUT2D eigenvalue weighted by atomic mass is 16.5. The van der Waals surface area contributed by atoms with Crippen molar-refractivity contribution in [3.8, 4) is 0 Å². The number of aromatic nitrogens is 2. The summed E-state index contributed by atoms with van der Waals surface area (Å²) in [7, 11) is 1.27. The Morgan fingerprint density at radius 3 is 2.63 bits per heavy atom. The number of fused-ring (bicyclic) bond motifs is 1. The summed E-state index contributed by atoms with van der Waals surface area (Å²) in [5.74, 6) is 0.346. The average Bonchev–Trinajstić information content (AvgIpc) is 3.38. The van der Waals surface area contributed by atoms with E-state index in [1.807, 2.05) is 0 Å². The maximum atomic E-state index is 12.5. The van der Waals surface area contributed by atoms with Gasteiger partial charge in [0.1, 0.15) is 11.8 Å². The van der Waals surface area contributed by atoms with E-state index < -0.39 is 11.9 Å². The molecule has 2 heterocycles. The zero-order valence-electron chi connectivity index (χ0n) is 16.8. The van der Waals surface area contributed by atoms with Crippen molar-refractivity contribution in [1.82, 2.24) is 9.97 Å². The van der Waals surface area contributed by atoms with Crippen LogP contribution in [-0.2, 0) is 4.74 Å². The fraction of sp³-hybridized carbons (Fsp3) is 0.429. The molecule has 158 valence electrons. The maximum absolute atomic E-state index is 12.5. The highest BCUT2D eigenvalue weighted by Crippen LogP contribution is 2.37. The molecule has 1 amide bonds. The molecule has 30 heavy (non-hydrogen) atoms. The number of methoxy groups -OCH3 is 1. The van der Waals surface area contributed by atoms with Gasteiger partial charge in [0, 0.05) is 25.5 Å². The number of aliphatic hydroxyl groups is 1. The number of hydrogen-bond acceptors (Lipinski definition) is 8. The second-order valence-electron chi connectivity index (χ2n) is 7.52. The van der Waals surface area contributed by atoms with Gasteiger partial charge in [-0.1, -0.05) is 0 Å². The zero-order chi connectivity index (χ0) is 21.3. The molecular weight excluding hydrogens is 390 g/mol. The lowest BCUT2D eigenvalue weighted by atomic mass is 9.82. The number of oxazole rings is 2. The SMILES string of the molecule is COC(=O)c1cc2nc([C@H]3CC[C@H](CO)CC3)oc2cc1NC(=O)c1coc(C)n1. The average molecular weight is 413 g/mol. The number of anilines is 1. The molecule has 2 aromatic heterocycles. The Kier molecular flexibility index (Phi) is 5.54. The molecule has 0 saturated heterocycles. The van der Waals surface area contributed by atoms with Crippen LogP contribution in [0.15, 0.2) is 27.2 Å². The standard InChI is InChI=1S/C21H23N3O6/c1-11-22-17(10-29-11)19(26)23-15-8-18-16(7-14(15)21(27)28-2)24-20(30-18)13-5-3-12(9-25)4-6-13/h7-8,10,12-13,25H,3-6,9H2,1-2H3,(H,23,26)/t12-,13-. The molecule has 0 spiro atoms. The molecule has 1 fully saturated rings. The van der Waals surface area contributed by atoms with Crippen LogP contribution in [-0.4, -0.2) is 40.7 Å². The summed E-state index contributed by atoms with van der Waals surface area (Å²) in [4.78, 5) is 33.3. The van der Waals surface area contributed by atoms with E-state index >= 15 is 0 Å². The fourth-order valence-corrected chi connectivity index (χ4v) is 3.79. The van der Waals surface area contributed by atoms with Gasteiger partial charge in [0.15, 0.2) is 23.1 Å². The molecule has 1 aromatic carbocycles. The molecule has 1 aliphatic rings. The van der Waals surface area contributed by atoms with Crippen LogP contribution >= 0.6 is 0 Å². The van der Waals surface area contributed by atoms with Gasteiger partial charge in [0.2, 0.25) is 0 Å². The zero-order valence-corrected chi connectivity index (χ0v) is 16.8. The number of benzene rings is 1. The molecule has 0 atom stereocenters. The predicted molar refractivity (Wildman–Crippen MR) is 106 cm³/mol. The first-order chi connectivity index (χ1) is 14.5. The lowest BCUT2D eigenvalue weighted by molar-refractivity contribution is 0.0602. The molecule has 3 aromatic rings. The minimum absolute atomic E-state index is 0.0994. The number of carbonyl (C=O) groups is 2. The Labute approximate surface area is 172 Å².